The van der Waals surface area contributed by atoms with Gasteiger partial charge in [-0.05, 0) is 49.4 Å². The number of benzene rings is 1. The molecule has 3 N–H and O–H groups in total. The van der Waals surface area contributed by atoms with Gasteiger partial charge in [0.25, 0.3) is 0 Å². The third-order valence-electron chi connectivity index (χ3n) is 2.94. The maximum Gasteiger partial charge on any atom is 0.0449 e. The average Bonchev–Trinajstić information content (AvgIpc) is 2.15. The topological polar surface area (TPSA) is 46.2 Å². The highest BCUT2D eigenvalue weighted by atomic mass is 16.3. The Balaban J connectivity index is 3.04. The first-order valence-electron chi connectivity index (χ1n) is 5.01. The highest BCUT2D eigenvalue weighted by Crippen LogP contribution is 2.23. The van der Waals surface area contributed by atoms with Gasteiger partial charge in [0.15, 0.2) is 0 Å². The molecule has 0 spiro atoms. The van der Waals surface area contributed by atoms with E-state index in [4.69, 9.17) is 10.8 Å². The van der Waals surface area contributed by atoms with Crippen molar-refractivity contribution in [1.29, 1.82) is 0 Å². The van der Waals surface area contributed by atoms with Crippen LogP contribution < -0.4 is 5.73 Å². The van der Waals surface area contributed by atoms with Crippen molar-refractivity contribution < 1.29 is 5.11 Å². The number of hydrogen-bond acceptors (Lipinski definition) is 2. The normalized spacial score (nSPS) is 12.9. The number of nitrogens with two attached hydrogens (primary N) is 1. The Morgan fingerprint density at radius 2 is 1.86 bits per heavy atom. The van der Waals surface area contributed by atoms with E-state index in [1.165, 1.54) is 16.7 Å². The van der Waals surface area contributed by atoms with Gasteiger partial charge >= 0.3 is 0 Å². The van der Waals surface area contributed by atoms with Gasteiger partial charge in [-0.1, -0.05) is 12.1 Å². The lowest BCUT2D eigenvalue weighted by Gasteiger charge is -2.16. The Morgan fingerprint density at radius 1 is 1.21 bits per heavy atom. The largest absolute Gasteiger partial charge is 0.396 e. The second kappa shape index (κ2) is 4.58. The SMILES string of the molecule is Cc1ccc(C(N)CCO)c(C)c1C. The maximum atomic E-state index is 8.83. The molecule has 0 saturated carbocycles. The lowest BCUT2D eigenvalue weighted by molar-refractivity contribution is 0.276. The van der Waals surface area contributed by atoms with Crippen molar-refractivity contribution >= 4 is 0 Å². The molecule has 78 valence electrons. The summed E-state index contributed by atoms with van der Waals surface area (Å²) in [5.41, 5.74) is 11.0. The van der Waals surface area contributed by atoms with Crippen LogP contribution in [0.3, 0.4) is 0 Å². The quantitative estimate of drug-likeness (QED) is 0.771. The Morgan fingerprint density at radius 3 is 2.43 bits per heavy atom. The molecule has 1 aromatic rings. The number of aliphatic hydroxyl groups is 1. The smallest absolute Gasteiger partial charge is 0.0449 e. The maximum absolute atomic E-state index is 8.83. The van der Waals surface area contributed by atoms with Gasteiger partial charge in [-0.2, -0.15) is 0 Å². The van der Waals surface area contributed by atoms with Gasteiger partial charge in [-0.25, -0.2) is 0 Å². The van der Waals surface area contributed by atoms with Crippen molar-refractivity contribution in [2.45, 2.75) is 33.2 Å². The summed E-state index contributed by atoms with van der Waals surface area (Å²) in [5, 5.41) is 8.83. The van der Waals surface area contributed by atoms with Gasteiger partial charge in [0.05, 0.1) is 0 Å². The van der Waals surface area contributed by atoms with E-state index in [1.54, 1.807) is 0 Å². The van der Waals surface area contributed by atoms with Crippen LogP contribution in [-0.4, -0.2) is 11.7 Å². The molecule has 0 heterocycles. The molecule has 0 radical (unpaired) electrons. The minimum absolute atomic E-state index is 0.0423. The van der Waals surface area contributed by atoms with Crippen molar-refractivity contribution in [3.63, 3.8) is 0 Å². The van der Waals surface area contributed by atoms with Crippen molar-refractivity contribution in [1.82, 2.24) is 0 Å². The standard InChI is InChI=1S/C12H19NO/c1-8-4-5-11(10(3)9(8)2)12(13)6-7-14/h4-5,12,14H,6-7,13H2,1-3H3. The van der Waals surface area contributed by atoms with Crippen LogP contribution in [-0.2, 0) is 0 Å². The lowest BCUT2D eigenvalue weighted by atomic mass is 9.93. The van der Waals surface area contributed by atoms with E-state index < -0.39 is 0 Å². The molecule has 1 unspecified atom stereocenters. The molecule has 0 bridgehead atoms. The van der Waals surface area contributed by atoms with E-state index in [1.807, 2.05) is 0 Å². The highest BCUT2D eigenvalue weighted by molar-refractivity contribution is 5.40. The van der Waals surface area contributed by atoms with Gasteiger partial charge in [-0.15, -0.1) is 0 Å². The monoisotopic (exact) mass is 193 g/mol. The van der Waals surface area contributed by atoms with Gasteiger partial charge in [0.2, 0.25) is 0 Å². The van der Waals surface area contributed by atoms with Crippen molar-refractivity contribution in [2.75, 3.05) is 6.61 Å². The first-order valence-corrected chi connectivity index (χ1v) is 5.01. The van der Waals surface area contributed by atoms with Gasteiger partial charge in [-0.3, -0.25) is 0 Å². The van der Waals surface area contributed by atoms with Crippen LogP contribution in [0.15, 0.2) is 12.1 Å². The molecule has 0 aliphatic rings. The molecule has 1 aromatic carbocycles. The molecule has 0 fully saturated rings. The Labute approximate surface area is 85.8 Å². The molecule has 0 aliphatic heterocycles. The van der Waals surface area contributed by atoms with E-state index in [0.717, 1.165) is 5.56 Å². The Hall–Kier alpha value is -0.860. The zero-order chi connectivity index (χ0) is 10.7. The van der Waals surface area contributed by atoms with Gasteiger partial charge in [0, 0.05) is 12.6 Å². The number of hydrogen-bond donors (Lipinski definition) is 2. The molecule has 0 aromatic heterocycles. The summed E-state index contributed by atoms with van der Waals surface area (Å²) in [4.78, 5) is 0. The summed E-state index contributed by atoms with van der Waals surface area (Å²) in [7, 11) is 0. The predicted octanol–water partition coefficient (Wildman–Crippen LogP) is 1.99. The van der Waals surface area contributed by atoms with E-state index in [2.05, 4.69) is 32.9 Å². The Bertz CT molecular complexity index is 320. The molecular formula is C12H19NO. The van der Waals surface area contributed by atoms with Crippen LogP contribution in [0, 0.1) is 20.8 Å². The third kappa shape index (κ3) is 2.14. The average molecular weight is 193 g/mol. The van der Waals surface area contributed by atoms with Crippen LogP contribution in [0.4, 0.5) is 0 Å². The summed E-state index contributed by atoms with van der Waals surface area (Å²) < 4.78 is 0. The molecule has 0 amide bonds. The fourth-order valence-electron chi connectivity index (χ4n) is 1.67. The van der Waals surface area contributed by atoms with Crippen LogP contribution in [0.2, 0.25) is 0 Å². The summed E-state index contributed by atoms with van der Waals surface area (Å²) in [6.07, 6.45) is 0.628. The minimum atomic E-state index is -0.0423. The highest BCUT2D eigenvalue weighted by Gasteiger charge is 2.10. The molecule has 1 atom stereocenters. The zero-order valence-electron chi connectivity index (χ0n) is 9.17. The van der Waals surface area contributed by atoms with E-state index in [-0.39, 0.29) is 12.6 Å². The summed E-state index contributed by atoms with van der Waals surface area (Å²) in [5.74, 6) is 0. The molecule has 0 aliphatic carbocycles. The van der Waals surface area contributed by atoms with Gasteiger partial charge < -0.3 is 10.8 Å². The first-order chi connectivity index (χ1) is 6.57. The number of aliphatic hydroxyl groups excluding tert-OH is 1. The second-order valence-corrected chi connectivity index (χ2v) is 3.84. The van der Waals surface area contributed by atoms with Crippen molar-refractivity contribution in [2.24, 2.45) is 5.73 Å². The van der Waals surface area contributed by atoms with E-state index in [0.29, 0.717) is 6.42 Å². The number of aryl methyl sites for hydroxylation is 1. The second-order valence-electron chi connectivity index (χ2n) is 3.84. The molecule has 14 heavy (non-hydrogen) atoms. The fourth-order valence-corrected chi connectivity index (χ4v) is 1.67. The van der Waals surface area contributed by atoms with Crippen molar-refractivity contribution in [3.8, 4) is 0 Å². The van der Waals surface area contributed by atoms with Crippen LogP contribution >= 0.6 is 0 Å². The number of rotatable bonds is 3. The molecule has 0 saturated heterocycles. The minimum Gasteiger partial charge on any atom is -0.396 e. The Kier molecular flexibility index (Phi) is 3.67. The predicted molar refractivity (Wildman–Crippen MR) is 59.3 cm³/mol. The van der Waals surface area contributed by atoms with E-state index in [9.17, 15) is 0 Å². The van der Waals surface area contributed by atoms with Crippen LogP contribution in [0.25, 0.3) is 0 Å². The summed E-state index contributed by atoms with van der Waals surface area (Å²) in [6, 6.07) is 4.12. The third-order valence-corrected chi connectivity index (χ3v) is 2.94. The van der Waals surface area contributed by atoms with Crippen LogP contribution in [0.5, 0.6) is 0 Å². The lowest BCUT2D eigenvalue weighted by Crippen LogP contribution is -2.14. The zero-order valence-corrected chi connectivity index (χ0v) is 9.17. The molecule has 2 nitrogen and oxygen atoms in total. The summed E-state index contributed by atoms with van der Waals surface area (Å²) in [6.45, 7) is 6.45. The fraction of sp³-hybridized carbons (Fsp3) is 0.500. The first kappa shape index (κ1) is 11.2. The molecule has 1 rings (SSSR count). The van der Waals surface area contributed by atoms with E-state index >= 15 is 0 Å². The summed E-state index contributed by atoms with van der Waals surface area (Å²) >= 11 is 0. The van der Waals surface area contributed by atoms with Gasteiger partial charge in [0.1, 0.15) is 0 Å². The molecular weight excluding hydrogens is 174 g/mol. The van der Waals surface area contributed by atoms with Crippen LogP contribution in [0.1, 0.15) is 34.7 Å². The molecule has 2 heteroatoms. The van der Waals surface area contributed by atoms with Crippen molar-refractivity contribution in [3.05, 3.63) is 34.4 Å².